The largest absolute Gasteiger partial charge is 0.497 e. The van der Waals surface area contributed by atoms with Crippen LogP contribution in [0.25, 0.3) is 6.08 Å². The van der Waals surface area contributed by atoms with Gasteiger partial charge in [0.25, 0.3) is 0 Å². The Morgan fingerprint density at radius 2 is 2.31 bits per heavy atom. The average molecular weight is 178 g/mol. The highest BCUT2D eigenvalue weighted by Gasteiger charge is 1.90. The normalized spacial score (nSPS) is 10.6. The zero-order chi connectivity index (χ0) is 9.52. The summed E-state index contributed by atoms with van der Waals surface area (Å²) in [6, 6.07) is 7.80. The molecule has 2 nitrogen and oxygen atoms in total. The van der Waals surface area contributed by atoms with Crippen molar-refractivity contribution in [3.8, 4) is 5.75 Å². The molecule has 0 aliphatic carbocycles. The van der Waals surface area contributed by atoms with Crippen LogP contribution in [0.3, 0.4) is 0 Å². The summed E-state index contributed by atoms with van der Waals surface area (Å²) in [4.78, 5) is 0. The van der Waals surface area contributed by atoms with E-state index in [1.54, 1.807) is 7.11 Å². The first-order chi connectivity index (χ1) is 6.36. The van der Waals surface area contributed by atoms with Gasteiger partial charge in [-0.15, -0.1) is 0 Å². The molecular formula is C11H14O2. The van der Waals surface area contributed by atoms with Crippen molar-refractivity contribution in [2.45, 2.75) is 6.42 Å². The number of benzene rings is 1. The fraction of sp³-hybridized carbons (Fsp3) is 0.273. The number of rotatable bonds is 4. The van der Waals surface area contributed by atoms with Crippen molar-refractivity contribution in [2.24, 2.45) is 0 Å². The zero-order valence-electron chi connectivity index (χ0n) is 7.73. The summed E-state index contributed by atoms with van der Waals surface area (Å²) >= 11 is 0. The third-order valence-electron chi connectivity index (χ3n) is 1.70. The van der Waals surface area contributed by atoms with Crippen LogP contribution < -0.4 is 4.74 Å². The quantitative estimate of drug-likeness (QED) is 0.765. The van der Waals surface area contributed by atoms with Gasteiger partial charge in [0, 0.05) is 6.61 Å². The number of hydrogen-bond acceptors (Lipinski definition) is 2. The van der Waals surface area contributed by atoms with Crippen LogP contribution >= 0.6 is 0 Å². The monoisotopic (exact) mass is 178 g/mol. The van der Waals surface area contributed by atoms with Crippen molar-refractivity contribution in [3.63, 3.8) is 0 Å². The van der Waals surface area contributed by atoms with Crippen LogP contribution in [0.15, 0.2) is 30.3 Å². The van der Waals surface area contributed by atoms with Crippen molar-refractivity contribution in [1.82, 2.24) is 0 Å². The molecule has 1 aromatic carbocycles. The van der Waals surface area contributed by atoms with Crippen LogP contribution in [-0.2, 0) is 0 Å². The highest BCUT2D eigenvalue weighted by Crippen LogP contribution is 2.13. The van der Waals surface area contributed by atoms with Crippen LogP contribution in [0.2, 0.25) is 0 Å². The van der Waals surface area contributed by atoms with Crippen LogP contribution in [0.5, 0.6) is 5.75 Å². The molecule has 1 aromatic rings. The van der Waals surface area contributed by atoms with E-state index in [0.717, 1.165) is 11.3 Å². The molecule has 0 heterocycles. The maximum atomic E-state index is 8.57. The molecule has 0 radical (unpaired) electrons. The first-order valence-corrected chi connectivity index (χ1v) is 4.28. The summed E-state index contributed by atoms with van der Waals surface area (Å²) in [6.45, 7) is 0.195. The predicted octanol–water partition coefficient (Wildman–Crippen LogP) is 2.09. The van der Waals surface area contributed by atoms with Crippen molar-refractivity contribution in [1.29, 1.82) is 0 Å². The first-order valence-electron chi connectivity index (χ1n) is 4.28. The molecule has 0 fully saturated rings. The molecule has 2 heteroatoms. The standard InChI is InChI=1S/C11H14O2/c1-13-11-7-4-6-10(9-11)5-2-3-8-12/h2,4-7,9,12H,3,8H2,1H3/b5-2+. The number of aliphatic hydroxyl groups excluding tert-OH is 1. The Morgan fingerprint density at radius 3 is 3.00 bits per heavy atom. The Kier molecular flexibility index (Phi) is 4.06. The van der Waals surface area contributed by atoms with Gasteiger partial charge >= 0.3 is 0 Å². The highest BCUT2D eigenvalue weighted by atomic mass is 16.5. The molecule has 0 unspecified atom stereocenters. The molecule has 1 N–H and O–H groups in total. The minimum atomic E-state index is 0.195. The lowest BCUT2D eigenvalue weighted by atomic mass is 10.2. The summed E-state index contributed by atoms with van der Waals surface area (Å²) in [5.74, 6) is 0.853. The van der Waals surface area contributed by atoms with E-state index in [4.69, 9.17) is 9.84 Å². The lowest BCUT2D eigenvalue weighted by molar-refractivity contribution is 0.303. The Hall–Kier alpha value is -1.28. The van der Waals surface area contributed by atoms with Crippen molar-refractivity contribution in [2.75, 3.05) is 13.7 Å². The van der Waals surface area contributed by atoms with E-state index in [2.05, 4.69) is 0 Å². The molecule has 1 rings (SSSR count). The number of aliphatic hydroxyl groups is 1. The van der Waals surface area contributed by atoms with Gasteiger partial charge in [0.15, 0.2) is 0 Å². The van der Waals surface area contributed by atoms with E-state index < -0.39 is 0 Å². The first kappa shape index (κ1) is 9.81. The topological polar surface area (TPSA) is 29.5 Å². The maximum Gasteiger partial charge on any atom is 0.119 e. The molecule has 0 aliphatic heterocycles. The van der Waals surface area contributed by atoms with Gasteiger partial charge in [-0.25, -0.2) is 0 Å². The van der Waals surface area contributed by atoms with Crippen LogP contribution in [0, 0.1) is 0 Å². The fourth-order valence-corrected chi connectivity index (χ4v) is 1.04. The molecule has 0 atom stereocenters. The van der Waals surface area contributed by atoms with E-state index in [0.29, 0.717) is 6.42 Å². The molecule has 0 amide bonds. The molecule has 0 aromatic heterocycles. The summed E-state index contributed by atoms with van der Waals surface area (Å²) in [7, 11) is 1.65. The molecule has 0 saturated carbocycles. The van der Waals surface area contributed by atoms with Gasteiger partial charge in [-0.05, 0) is 24.1 Å². The smallest absolute Gasteiger partial charge is 0.119 e. The van der Waals surface area contributed by atoms with E-state index in [1.807, 2.05) is 36.4 Å². The lowest BCUT2D eigenvalue weighted by Gasteiger charge is -1.99. The molecule has 13 heavy (non-hydrogen) atoms. The van der Waals surface area contributed by atoms with Gasteiger partial charge < -0.3 is 9.84 Å². The van der Waals surface area contributed by atoms with Gasteiger partial charge in [0.2, 0.25) is 0 Å². The lowest BCUT2D eigenvalue weighted by Crippen LogP contribution is -1.82. The summed E-state index contributed by atoms with van der Waals surface area (Å²) < 4.78 is 5.08. The predicted molar refractivity (Wildman–Crippen MR) is 53.7 cm³/mol. The van der Waals surface area contributed by atoms with Crippen molar-refractivity contribution >= 4 is 6.08 Å². The number of hydrogen-bond donors (Lipinski definition) is 1. The van der Waals surface area contributed by atoms with Gasteiger partial charge in [-0.1, -0.05) is 24.3 Å². The Bertz CT molecular complexity index is 279. The van der Waals surface area contributed by atoms with Gasteiger partial charge in [0.05, 0.1) is 7.11 Å². The summed E-state index contributed by atoms with van der Waals surface area (Å²) in [5, 5.41) is 8.57. The van der Waals surface area contributed by atoms with Crippen molar-refractivity contribution < 1.29 is 9.84 Å². The van der Waals surface area contributed by atoms with E-state index in [-0.39, 0.29) is 6.61 Å². The number of methoxy groups -OCH3 is 1. The van der Waals surface area contributed by atoms with Gasteiger partial charge in [-0.2, -0.15) is 0 Å². The highest BCUT2D eigenvalue weighted by molar-refractivity contribution is 5.51. The van der Waals surface area contributed by atoms with E-state index in [1.165, 1.54) is 0 Å². The fourth-order valence-electron chi connectivity index (χ4n) is 1.04. The summed E-state index contributed by atoms with van der Waals surface area (Å²) in [5.41, 5.74) is 1.09. The molecule has 0 bridgehead atoms. The second-order valence-electron chi connectivity index (χ2n) is 2.69. The van der Waals surface area contributed by atoms with Crippen LogP contribution in [0.1, 0.15) is 12.0 Å². The third kappa shape index (κ3) is 3.30. The minimum Gasteiger partial charge on any atom is -0.497 e. The van der Waals surface area contributed by atoms with Gasteiger partial charge in [-0.3, -0.25) is 0 Å². The summed E-state index contributed by atoms with van der Waals surface area (Å²) in [6.07, 6.45) is 4.60. The molecule has 0 aliphatic rings. The molecule has 0 saturated heterocycles. The Balaban J connectivity index is 2.66. The molecule has 0 spiro atoms. The SMILES string of the molecule is COc1cccc(/C=C/CCO)c1. The maximum absolute atomic E-state index is 8.57. The number of ether oxygens (including phenoxy) is 1. The zero-order valence-corrected chi connectivity index (χ0v) is 7.73. The van der Waals surface area contributed by atoms with E-state index >= 15 is 0 Å². The second-order valence-corrected chi connectivity index (χ2v) is 2.69. The van der Waals surface area contributed by atoms with Crippen molar-refractivity contribution in [3.05, 3.63) is 35.9 Å². The minimum absolute atomic E-state index is 0.195. The average Bonchev–Trinajstić information content (AvgIpc) is 2.19. The molecule has 70 valence electrons. The third-order valence-corrected chi connectivity index (χ3v) is 1.70. The Morgan fingerprint density at radius 1 is 1.46 bits per heavy atom. The van der Waals surface area contributed by atoms with E-state index in [9.17, 15) is 0 Å². The Labute approximate surface area is 78.5 Å². The molecular weight excluding hydrogens is 164 g/mol. The van der Waals surface area contributed by atoms with Crippen LogP contribution in [0.4, 0.5) is 0 Å². The second kappa shape index (κ2) is 5.38. The van der Waals surface area contributed by atoms with Gasteiger partial charge in [0.1, 0.15) is 5.75 Å². The van der Waals surface area contributed by atoms with Crippen LogP contribution in [-0.4, -0.2) is 18.8 Å².